The highest BCUT2D eigenvalue weighted by Crippen LogP contribution is 2.38. The van der Waals surface area contributed by atoms with Gasteiger partial charge in [-0.2, -0.15) is 0 Å². The molecule has 0 radical (unpaired) electrons. The molecule has 1 fully saturated rings. The second kappa shape index (κ2) is 10.3. The van der Waals surface area contributed by atoms with Gasteiger partial charge in [-0.1, -0.05) is 57.0 Å². The molecule has 1 saturated carbocycles. The average Bonchev–Trinajstić information content (AvgIpc) is 2.64. The Kier molecular flexibility index (Phi) is 8.32. The third-order valence-corrected chi connectivity index (χ3v) is 6.19. The van der Waals surface area contributed by atoms with Gasteiger partial charge in [0.25, 0.3) is 0 Å². The Bertz CT molecular complexity index is 678. The molecule has 0 aliphatic heterocycles. The quantitative estimate of drug-likeness (QED) is 0.644. The molecule has 1 aliphatic rings. The lowest BCUT2D eigenvalue weighted by molar-refractivity contribution is -0.130. The number of amides is 2. The summed E-state index contributed by atoms with van der Waals surface area (Å²) in [4.78, 5) is 25.2. The summed E-state index contributed by atoms with van der Waals surface area (Å²) in [7, 11) is 0. The van der Waals surface area contributed by atoms with Crippen molar-refractivity contribution < 1.29 is 9.59 Å². The lowest BCUT2D eigenvalue weighted by atomic mass is 9.70. The fraction of sp³-hybridized carbons (Fsp3) is 0.636. The second-order valence-electron chi connectivity index (χ2n) is 8.55. The molecule has 0 unspecified atom stereocenters. The maximum atomic E-state index is 13.0. The highest BCUT2D eigenvalue weighted by Gasteiger charge is 2.35. The van der Waals surface area contributed by atoms with Crippen LogP contribution in [-0.2, 0) is 9.59 Å². The van der Waals surface area contributed by atoms with Crippen molar-refractivity contribution in [3.05, 3.63) is 34.9 Å². The van der Waals surface area contributed by atoms with E-state index in [1.165, 1.54) is 6.42 Å². The number of hydrogen-bond acceptors (Lipinski definition) is 3. The van der Waals surface area contributed by atoms with Crippen molar-refractivity contribution >= 4 is 23.4 Å². The van der Waals surface area contributed by atoms with Crippen LogP contribution in [0.3, 0.4) is 0 Å². The Balaban J connectivity index is 2.12. The number of carbonyl (C=O) groups is 2. The predicted octanol–water partition coefficient (Wildman–Crippen LogP) is 3.67. The van der Waals surface area contributed by atoms with Crippen LogP contribution in [0.25, 0.3) is 0 Å². The molecule has 156 valence electrons. The minimum Gasteiger partial charge on any atom is -0.353 e. The van der Waals surface area contributed by atoms with E-state index in [1.54, 1.807) is 13.0 Å². The van der Waals surface area contributed by atoms with Gasteiger partial charge in [-0.15, -0.1) is 0 Å². The standard InChI is InChI=1S/C22H34ClN3O2/c1-13(2)16-10-9-14(3)11-18(16)22(28)25-12-20(26-21(27)15(4)24)17-7-5-6-8-19(17)23/h5-8,13-16,18,20H,9-12,24H2,1-4H3,(H,25,28)(H,26,27)/t14-,15+,16+,18-,20-/m1/s1. The van der Waals surface area contributed by atoms with Crippen LogP contribution in [0.4, 0.5) is 0 Å². The number of rotatable bonds is 7. The number of nitrogens with two attached hydrogens (primary N) is 1. The molecular formula is C22H34ClN3O2. The minimum atomic E-state index is -0.634. The molecule has 0 saturated heterocycles. The molecule has 0 heterocycles. The Morgan fingerprint density at radius 2 is 1.89 bits per heavy atom. The van der Waals surface area contributed by atoms with Crippen molar-refractivity contribution in [1.82, 2.24) is 10.6 Å². The molecule has 1 aromatic carbocycles. The van der Waals surface area contributed by atoms with E-state index in [4.69, 9.17) is 17.3 Å². The van der Waals surface area contributed by atoms with E-state index in [1.807, 2.05) is 18.2 Å². The van der Waals surface area contributed by atoms with Crippen LogP contribution in [0.15, 0.2) is 24.3 Å². The second-order valence-corrected chi connectivity index (χ2v) is 8.96. The van der Waals surface area contributed by atoms with E-state index in [0.29, 0.717) is 22.8 Å². The Hall–Kier alpha value is -1.59. The van der Waals surface area contributed by atoms with Gasteiger partial charge in [0.1, 0.15) is 0 Å². The van der Waals surface area contributed by atoms with E-state index < -0.39 is 12.1 Å². The number of benzene rings is 1. The summed E-state index contributed by atoms with van der Waals surface area (Å²) in [6.07, 6.45) is 3.18. The van der Waals surface area contributed by atoms with Crippen LogP contribution >= 0.6 is 11.6 Å². The first-order chi connectivity index (χ1) is 13.2. The topological polar surface area (TPSA) is 84.2 Å². The van der Waals surface area contributed by atoms with Crippen LogP contribution < -0.4 is 16.4 Å². The van der Waals surface area contributed by atoms with Crippen LogP contribution in [0.2, 0.25) is 5.02 Å². The van der Waals surface area contributed by atoms with Gasteiger partial charge in [0.15, 0.2) is 0 Å². The summed E-state index contributed by atoms with van der Waals surface area (Å²) in [6.45, 7) is 8.52. The fourth-order valence-corrected chi connectivity index (χ4v) is 4.40. The SMILES string of the molecule is CC(C)[C@@H]1CC[C@@H](C)C[C@H]1C(=O)NC[C@@H](NC(=O)[C@H](C)N)c1ccccc1Cl. The van der Waals surface area contributed by atoms with Crippen molar-refractivity contribution in [1.29, 1.82) is 0 Å². The first-order valence-corrected chi connectivity index (χ1v) is 10.7. The molecule has 1 aliphatic carbocycles. The zero-order valence-corrected chi connectivity index (χ0v) is 18.1. The van der Waals surface area contributed by atoms with Crippen molar-refractivity contribution in [3.8, 4) is 0 Å². The van der Waals surface area contributed by atoms with Crippen LogP contribution in [-0.4, -0.2) is 24.4 Å². The number of hydrogen-bond donors (Lipinski definition) is 3. The molecule has 5 nitrogen and oxygen atoms in total. The van der Waals surface area contributed by atoms with Gasteiger partial charge in [-0.25, -0.2) is 0 Å². The van der Waals surface area contributed by atoms with E-state index >= 15 is 0 Å². The average molecular weight is 408 g/mol. The highest BCUT2D eigenvalue weighted by molar-refractivity contribution is 6.31. The minimum absolute atomic E-state index is 0.0137. The summed E-state index contributed by atoms with van der Waals surface area (Å²) in [5.74, 6) is 1.24. The fourth-order valence-electron chi connectivity index (χ4n) is 4.14. The lowest BCUT2D eigenvalue weighted by Gasteiger charge is -2.36. The molecule has 4 N–H and O–H groups in total. The maximum absolute atomic E-state index is 13.0. The van der Waals surface area contributed by atoms with Crippen molar-refractivity contribution in [2.24, 2.45) is 29.4 Å². The molecule has 2 amide bonds. The molecule has 2 rings (SSSR count). The molecular weight excluding hydrogens is 374 g/mol. The summed E-state index contributed by atoms with van der Waals surface area (Å²) in [6, 6.07) is 6.29. The molecule has 0 spiro atoms. The van der Waals surface area contributed by atoms with E-state index in [9.17, 15) is 9.59 Å². The third kappa shape index (κ3) is 5.95. The number of nitrogens with one attached hydrogen (secondary N) is 2. The van der Waals surface area contributed by atoms with E-state index in [2.05, 4.69) is 31.4 Å². The van der Waals surface area contributed by atoms with Crippen LogP contribution in [0.5, 0.6) is 0 Å². The Morgan fingerprint density at radius 3 is 2.50 bits per heavy atom. The Morgan fingerprint density at radius 1 is 1.21 bits per heavy atom. The third-order valence-electron chi connectivity index (χ3n) is 5.85. The van der Waals surface area contributed by atoms with Gasteiger partial charge in [0.2, 0.25) is 11.8 Å². The van der Waals surface area contributed by atoms with Gasteiger partial charge in [0, 0.05) is 17.5 Å². The maximum Gasteiger partial charge on any atom is 0.237 e. The predicted molar refractivity (Wildman–Crippen MR) is 114 cm³/mol. The first-order valence-electron chi connectivity index (χ1n) is 10.3. The molecule has 6 heteroatoms. The van der Waals surface area contributed by atoms with Gasteiger partial charge in [-0.3, -0.25) is 9.59 Å². The summed E-state index contributed by atoms with van der Waals surface area (Å²) in [5.41, 5.74) is 6.48. The molecule has 1 aromatic rings. The van der Waals surface area contributed by atoms with E-state index in [-0.39, 0.29) is 24.3 Å². The lowest BCUT2D eigenvalue weighted by Crippen LogP contribution is -2.46. The van der Waals surface area contributed by atoms with Crippen LogP contribution in [0.1, 0.15) is 58.6 Å². The highest BCUT2D eigenvalue weighted by atomic mass is 35.5. The van der Waals surface area contributed by atoms with Crippen molar-refractivity contribution in [2.75, 3.05) is 6.54 Å². The van der Waals surface area contributed by atoms with E-state index in [0.717, 1.165) is 18.4 Å². The zero-order valence-electron chi connectivity index (χ0n) is 17.4. The monoisotopic (exact) mass is 407 g/mol. The summed E-state index contributed by atoms with van der Waals surface area (Å²) >= 11 is 6.33. The van der Waals surface area contributed by atoms with Gasteiger partial charge < -0.3 is 16.4 Å². The molecule has 0 bridgehead atoms. The normalized spacial score (nSPS) is 24.5. The number of halogens is 1. The Labute approximate surface area is 173 Å². The molecule has 5 atom stereocenters. The smallest absolute Gasteiger partial charge is 0.237 e. The van der Waals surface area contributed by atoms with Crippen LogP contribution in [0, 0.1) is 23.7 Å². The van der Waals surface area contributed by atoms with Crippen molar-refractivity contribution in [2.45, 2.75) is 59.0 Å². The first kappa shape index (κ1) is 22.7. The van der Waals surface area contributed by atoms with Crippen molar-refractivity contribution in [3.63, 3.8) is 0 Å². The summed E-state index contributed by atoms with van der Waals surface area (Å²) in [5, 5.41) is 6.54. The summed E-state index contributed by atoms with van der Waals surface area (Å²) < 4.78 is 0. The largest absolute Gasteiger partial charge is 0.353 e. The van der Waals surface area contributed by atoms with Gasteiger partial charge >= 0.3 is 0 Å². The van der Waals surface area contributed by atoms with Gasteiger partial charge in [-0.05, 0) is 49.1 Å². The van der Waals surface area contributed by atoms with Gasteiger partial charge in [0.05, 0.1) is 12.1 Å². The zero-order chi connectivity index (χ0) is 20.8. The number of carbonyl (C=O) groups excluding carboxylic acids is 2. The molecule has 28 heavy (non-hydrogen) atoms. The molecule has 0 aromatic heterocycles.